The van der Waals surface area contributed by atoms with Gasteiger partial charge in [-0.25, -0.2) is 9.78 Å². The van der Waals surface area contributed by atoms with Gasteiger partial charge in [0, 0.05) is 11.8 Å². The predicted molar refractivity (Wildman–Crippen MR) is 103 cm³/mol. The Morgan fingerprint density at radius 2 is 1.67 bits per heavy atom. The lowest BCUT2D eigenvalue weighted by Crippen LogP contribution is -2.70. The van der Waals surface area contributed by atoms with Gasteiger partial charge in [-0.2, -0.15) is 0 Å². The highest BCUT2D eigenvalue weighted by Crippen LogP contribution is 2.64. The SMILES string of the molecule is CC1C(OC[C@@H](O)[C@@H](O)[C@H](O)[C@H](O)CO)OC2C34OO[C@@]2(C)CCC3[C@H](C)CCC14. The third kappa shape index (κ3) is 3.34. The molecule has 2 aliphatic heterocycles. The van der Waals surface area contributed by atoms with Crippen LogP contribution in [0.5, 0.6) is 0 Å². The van der Waals surface area contributed by atoms with Crippen LogP contribution in [0.25, 0.3) is 0 Å². The van der Waals surface area contributed by atoms with Gasteiger partial charge in [-0.3, -0.25) is 0 Å². The zero-order valence-electron chi connectivity index (χ0n) is 17.9. The lowest BCUT2D eigenvalue weighted by molar-refractivity contribution is -0.380. The fourth-order valence-electron chi connectivity index (χ4n) is 6.38. The number of hydrogen-bond acceptors (Lipinski definition) is 9. The average Bonchev–Trinajstić information content (AvgIpc) is 2.91. The first kappa shape index (κ1) is 22.8. The second-order valence-electron chi connectivity index (χ2n) is 10.0. The van der Waals surface area contributed by atoms with E-state index in [9.17, 15) is 20.4 Å². The number of ether oxygens (including phenoxy) is 2. The Bertz CT molecular complexity index is 619. The summed E-state index contributed by atoms with van der Waals surface area (Å²) in [5, 5.41) is 48.5. The third-order valence-corrected chi connectivity index (χ3v) is 8.16. The van der Waals surface area contributed by atoms with E-state index in [0.29, 0.717) is 11.8 Å². The monoisotopic (exact) mass is 432 g/mol. The van der Waals surface area contributed by atoms with Crippen LogP contribution in [-0.2, 0) is 19.2 Å². The highest BCUT2D eigenvalue weighted by molar-refractivity contribution is 5.18. The van der Waals surface area contributed by atoms with Crippen LogP contribution in [-0.4, -0.2) is 86.8 Å². The molecule has 1 spiro atoms. The van der Waals surface area contributed by atoms with Crippen LogP contribution in [0.15, 0.2) is 0 Å². The van der Waals surface area contributed by atoms with Gasteiger partial charge < -0.3 is 35.0 Å². The molecule has 30 heavy (non-hydrogen) atoms. The summed E-state index contributed by atoms with van der Waals surface area (Å²) in [7, 11) is 0. The van der Waals surface area contributed by atoms with Gasteiger partial charge in [-0.1, -0.05) is 13.8 Å². The van der Waals surface area contributed by atoms with E-state index in [1.54, 1.807) is 0 Å². The topological polar surface area (TPSA) is 138 Å². The molecule has 0 aromatic rings. The van der Waals surface area contributed by atoms with Crippen LogP contribution in [0.1, 0.15) is 46.5 Å². The van der Waals surface area contributed by atoms with Crippen LogP contribution < -0.4 is 0 Å². The van der Waals surface area contributed by atoms with Crippen molar-refractivity contribution in [3.63, 3.8) is 0 Å². The van der Waals surface area contributed by atoms with Gasteiger partial charge in [0.1, 0.15) is 41.7 Å². The van der Waals surface area contributed by atoms with Crippen molar-refractivity contribution in [2.75, 3.05) is 13.2 Å². The van der Waals surface area contributed by atoms with Crippen LogP contribution in [0.4, 0.5) is 0 Å². The average molecular weight is 433 g/mol. The summed E-state index contributed by atoms with van der Waals surface area (Å²) in [6.07, 6.45) is -3.27. The number of hydrogen-bond donors (Lipinski definition) is 5. The minimum absolute atomic E-state index is 0.0161. The largest absolute Gasteiger partial charge is 0.394 e. The van der Waals surface area contributed by atoms with Gasteiger partial charge in [-0.05, 0) is 44.4 Å². The molecule has 174 valence electrons. The van der Waals surface area contributed by atoms with Crippen molar-refractivity contribution >= 4 is 0 Å². The lowest BCUT2D eigenvalue weighted by atomic mass is 9.51. The normalized spacial score (nSPS) is 49.2. The van der Waals surface area contributed by atoms with Crippen molar-refractivity contribution in [1.29, 1.82) is 0 Å². The fraction of sp³-hybridized carbons (Fsp3) is 1.00. The molecule has 6 unspecified atom stereocenters. The number of aliphatic hydroxyl groups is 5. The van der Waals surface area contributed by atoms with Crippen LogP contribution in [0, 0.1) is 23.7 Å². The van der Waals surface area contributed by atoms with Crippen LogP contribution in [0.2, 0.25) is 0 Å². The molecule has 9 nitrogen and oxygen atoms in total. The van der Waals surface area contributed by atoms with Gasteiger partial charge >= 0.3 is 0 Å². The summed E-state index contributed by atoms with van der Waals surface area (Å²) in [6.45, 7) is 5.33. The summed E-state index contributed by atoms with van der Waals surface area (Å²) in [6, 6.07) is 0. The van der Waals surface area contributed by atoms with Crippen LogP contribution >= 0.6 is 0 Å². The molecule has 2 saturated heterocycles. The molecule has 0 aromatic carbocycles. The van der Waals surface area contributed by atoms with Crippen molar-refractivity contribution in [1.82, 2.24) is 0 Å². The molecular weight excluding hydrogens is 396 g/mol. The smallest absolute Gasteiger partial charge is 0.161 e. The van der Waals surface area contributed by atoms with Gasteiger partial charge in [0.05, 0.1) is 13.2 Å². The van der Waals surface area contributed by atoms with Gasteiger partial charge in [0.25, 0.3) is 0 Å². The van der Waals surface area contributed by atoms with E-state index in [1.807, 2.05) is 13.8 Å². The Balaban J connectivity index is 1.47. The zero-order chi connectivity index (χ0) is 21.8. The second kappa shape index (κ2) is 8.20. The van der Waals surface area contributed by atoms with Gasteiger partial charge in [-0.15, -0.1) is 0 Å². The highest BCUT2D eigenvalue weighted by atomic mass is 17.2. The van der Waals surface area contributed by atoms with E-state index < -0.39 is 48.5 Å². The van der Waals surface area contributed by atoms with Gasteiger partial charge in [0.15, 0.2) is 6.29 Å². The van der Waals surface area contributed by atoms with E-state index in [2.05, 4.69) is 6.92 Å². The molecule has 4 rings (SSSR count). The Morgan fingerprint density at radius 1 is 0.967 bits per heavy atom. The molecule has 12 atom stereocenters. The maximum Gasteiger partial charge on any atom is 0.161 e. The zero-order valence-corrected chi connectivity index (χ0v) is 17.9. The van der Waals surface area contributed by atoms with Crippen LogP contribution in [0.3, 0.4) is 0 Å². The maximum atomic E-state index is 10.2. The van der Waals surface area contributed by atoms with Crippen molar-refractivity contribution < 1.29 is 44.8 Å². The Kier molecular flexibility index (Phi) is 6.24. The second-order valence-corrected chi connectivity index (χ2v) is 10.0. The van der Waals surface area contributed by atoms with E-state index in [0.717, 1.165) is 25.7 Å². The Hall–Kier alpha value is -0.360. The number of aliphatic hydroxyl groups excluding tert-OH is 5. The van der Waals surface area contributed by atoms with Crippen molar-refractivity contribution in [2.45, 2.75) is 94.5 Å². The summed E-state index contributed by atoms with van der Waals surface area (Å²) in [5.74, 6) is 1.06. The fourth-order valence-corrected chi connectivity index (χ4v) is 6.38. The molecule has 0 aromatic heterocycles. The standard InChI is InChI=1S/C21H36O9/c1-10-4-5-13-11(2)18(27-9-15(24)17(26)16(25)14(23)8-22)28-19-20(3)7-6-12(10)21(13,19)30-29-20/h10-19,22-26H,4-9H2,1-3H3/t10-,11?,12?,13?,14-,15-,16-,17-,18?,19?,20+,21?/m1/s1. The Morgan fingerprint density at radius 3 is 2.37 bits per heavy atom. The summed E-state index contributed by atoms with van der Waals surface area (Å²) in [5.41, 5.74) is -1.03. The minimum Gasteiger partial charge on any atom is -0.394 e. The van der Waals surface area contributed by atoms with Crippen molar-refractivity contribution in [3.05, 3.63) is 0 Å². The molecule has 2 aliphatic carbocycles. The molecule has 2 heterocycles. The summed E-state index contributed by atoms with van der Waals surface area (Å²) in [4.78, 5) is 12.0. The summed E-state index contributed by atoms with van der Waals surface area (Å²) < 4.78 is 12.3. The van der Waals surface area contributed by atoms with E-state index in [4.69, 9.17) is 24.4 Å². The predicted octanol–water partition coefficient (Wildman–Crippen LogP) is -0.285. The maximum absolute atomic E-state index is 10.2. The molecule has 0 radical (unpaired) electrons. The van der Waals surface area contributed by atoms with E-state index >= 15 is 0 Å². The quantitative estimate of drug-likeness (QED) is 0.344. The first-order valence-electron chi connectivity index (χ1n) is 11.1. The van der Waals surface area contributed by atoms with Gasteiger partial charge in [0.2, 0.25) is 0 Å². The molecule has 4 fully saturated rings. The number of rotatable bonds is 7. The lowest BCUT2D eigenvalue weighted by Gasteiger charge is -2.59. The first-order chi connectivity index (χ1) is 14.2. The Labute approximate surface area is 176 Å². The molecule has 2 bridgehead atoms. The summed E-state index contributed by atoms with van der Waals surface area (Å²) >= 11 is 0. The van der Waals surface area contributed by atoms with Crippen molar-refractivity contribution in [3.8, 4) is 0 Å². The molecular formula is C21H36O9. The third-order valence-electron chi connectivity index (χ3n) is 8.16. The molecule has 0 amide bonds. The molecule has 9 heteroatoms. The first-order valence-corrected chi connectivity index (χ1v) is 11.1. The molecule has 5 N–H and O–H groups in total. The van der Waals surface area contributed by atoms with E-state index in [-0.39, 0.29) is 24.5 Å². The molecule has 2 saturated carbocycles. The molecule has 4 aliphatic rings. The highest BCUT2D eigenvalue weighted by Gasteiger charge is 2.74. The van der Waals surface area contributed by atoms with E-state index in [1.165, 1.54) is 0 Å². The minimum atomic E-state index is -1.68. The van der Waals surface area contributed by atoms with Crippen molar-refractivity contribution in [2.24, 2.45) is 23.7 Å².